The molecule has 17 heavy (non-hydrogen) atoms. The SMILES string of the molecule is CN1C[C@H]2CCc3[nH]c4ccccc4c3[C@@H]2C1. The first-order valence-electron chi connectivity index (χ1n) is 6.61. The molecule has 88 valence electrons. The Morgan fingerprint density at radius 2 is 2.12 bits per heavy atom. The number of aromatic amines is 1. The van der Waals surface area contributed by atoms with Gasteiger partial charge in [0.25, 0.3) is 0 Å². The highest BCUT2D eigenvalue weighted by Gasteiger charge is 2.37. The maximum absolute atomic E-state index is 3.62. The number of fused-ring (bicyclic) bond motifs is 5. The van der Waals surface area contributed by atoms with Crippen LogP contribution >= 0.6 is 0 Å². The molecular weight excluding hydrogens is 208 g/mol. The van der Waals surface area contributed by atoms with Crippen molar-refractivity contribution in [3.63, 3.8) is 0 Å². The molecule has 0 radical (unpaired) electrons. The van der Waals surface area contributed by atoms with E-state index in [4.69, 9.17) is 0 Å². The van der Waals surface area contributed by atoms with Gasteiger partial charge in [0.2, 0.25) is 0 Å². The van der Waals surface area contributed by atoms with E-state index in [9.17, 15) is 0 Å². The molecule has 0 amide bonds. The minimum Gasteiger partial charge on any atom is -0.358 e. The van der Waals surface area contributed by atoms with Crippen molar-refractivity contribution in [2.24, 2.45) is 5.92 Å². The van der Waals surface area contributed by atoms with Crippen molar-refractivity contribution in [2.75, 3.05) is 20.1 Å². The first kappa shape index (κ1) is 9.72. The van der Waals surface area contributed by atoms with Gasteiger partial charge in [0.1, 0.15) is 0 Å². The lowest BCUT2D eigenvalue weighted by molar-refractivity contribution is 0.386. The third-order valence-electron chi connectivity index (χ3n) is 4.59. The van der Waals surface area contributed by atoms with Crippen molar-refractivity contribution < 1.29 is 0 Å². The van der Waals surface area contributed by atoms with Crippen molar-refractivity contribution >= 4 is 10.9 Å². The Kier molecular flexibility index (Phi) is 1.92. The molecule has 0 saturated carbocycles. The van der Waals surface area contributed by atoms with Gasteiger partial charge in [0.15, 0.2) is 0 Å². The van der Waals surface area contributed by atoms with Gasteiger partial charge >= 0.3 is 0 Å². The van der Waals surface area contributed by atoms with Crippen LogP contribution in [0.3, 0.4) is 0 Å². The van der Waals surface area contributed by atoms with E-state index in [1.807, 2.05) is 0 Å². The zero-order valence-electron chi connectivity index (χ0n) is 10.2. The molecule has 4 rings (SSSR count). The summed E-state index contributed by atoms with van der Waals surface area (Å²) in [4.78, 5) is 6.12. The average molecular weight is 226 g/mol. The molecule has 1 fully saturated rings. The molecule has 2 aliphatic rings. The van der Waals surface area contributed by atoms with E-state index in [0.29, 0.717) is 0 Å². The molecule has 1 N–H and O–H groups in total. The summed E-state index contributed by atoms with van der Waals surface area (Å²) in [6.07, 6.45) is 2.59. The molecule has 1 aromatic carbocycles. The van der Waals surface area contributed by atoms with Crippen LogP contribution in [0.5, 0.6) is 0 Å². The molecule has 0 unspecified atom stereocenters. The van der Waals surface area contributed by atoms with Crippen molar-refractivity contribution in [1.29, 1.82) is 0 Å². The monoisotopic (exact) mass is 226 g/mol. The Morgan fingerprint density at radius 3 is 3.06 bits per heavy atom. The van der Waals surface area contributed by atoms with E-state index in [1.165, 1.54) is 42.5 Å². The molecule has 2 atom stereocenters. The molecule has 0 spiro atoms. The Labute approximate surface area is 102 Å². The third-order valence-corrected chi connectivity index (χ3v) is 4.59. The fraction of sp³-hybridized carbons (Fsp3) is 0.467. The molecule has 2 aromatic rings. The lowest BCUT2D eigenvalue weighted by Gasteiger charge is -2.24. The number of H-pyrrole nitrogens is 1. The van der Waals surface area contributed by atoms with Crippen LogP contribution in [0.25, 0.3) is 10.9 Å². The molecule has 2 nitrogen and oxygen atoms in total. The number of para-hydroxylation sites is 1. The standard InChI is InChI=1S/C15H18N2/c1-17-8-10-6-7-14-15(12(10)9-17)11-4-2-3-5-13(11)16-14/h2-5,10,12,16H,6-9H2,1H3/t10-,12-/m1/s1. The number of likely N-dealkylation sites (tertiary alicyclic amines) is 1. The number of likely N-dealkylation sites (N-methyl/N-ethyl adjacent to an activating group) is 1. The molecule has 1 saturated heterocycles. The maximum atomic E-state index is 3.62. The molecular formula is C15H18N2. The zero-order chi connectivity index (χ0) is 11.4. The van der Waals surface area contributed by atoms with Crippen molar-refractivity contribution in [3.05, 3.63) is 35.5 Å². The first-order valence-corrected chi connectivity index (χ1v) is 6.61. The van der Waals surface area contributed by atoms with E-state index in [-0.39, 0.29) is 0 Å². The summed E-state index contributed by atoms with van der Waals surface area (Å²) in [5.41, 5.74) is 4.46. The van der Waals surface area contributed by atoms with Crippen LogP contribution < -0.4 is 0 Å². The average Bonchev–Trinajstić information content (AvgIpc) is 2.87. The van der Waals surface area contributed by atoms with Crippen LogP contribution in [0.15, 0.2) is 24.3 Å². The van der Waals surface area contributed by atoms with Gasteiger partial charge in [0, 0.05) is 35.6 Å². The highest BCUT2D eigenvalue weighted by Crippen LogP contribution is 2.43. The number of nitrogens with one attached hydrogen (secondary N) is 1. The summed E-state index contributed by atoms with van der Waals surface area (Å²) in [5, 5.41) is 1.47. The van der Waals surface area contributed by atoms with Crippen LogP contribution in [0.4, 0.5) is 0 Å². The second kappa shape index (κ2) is 3.36. The fourth-order valence-electron chi connectivity index (χ4n) is 3.88. The second-order valence-corrected chi connectivity index (χ2v) is 5.69. The lowest BCUT2D eigenvalue weighted by atomic mass is 9.79. The van der Waals surface area contributed by atoms with Gasteiger partial charge in [-0.3, -0.25) is 0 Å². The first-order chi connectivity index (χ1) is 8.33. The normalized spacial score (nSPS) is 28.3. The topological polar surface area (TPSA) is 19.0 Å². The van der Waals surface area contributed by atoms with Crippen LogP contribution in [0, 0.1) is 5.92 Å². The smallest absolute Gasteiger partial charge is 0.0459 e. The summed E-state index contributed by atoms with van der Waals surface area (Å²) in [6.45, 7) is 2.52. The van der Waals surface area contributed by atoms with E-state index >= 15 is 0 Å². The van der Waals surface area contributed by atoms with Crippen LogP contribution in [-0.2, 0) is 6.42 Å². The van der Waals surface area contributed by atoms with Crippen molar-refractivity contribution in [1.82, 2.24) is 9.88 Å². The summed E-state index contributed by atoms with van der Waals surface area (Å²) in [7, 11) is 2.26. The van der Waals surface area contributed by atoms with Crippen LogP contribution in [-0.4, -0.2) is 30.0 Å². The number of rotatable bonds is 0. The number of benzene rings is 1. The second-order valence-electron chi connectivity index (χ2n) is 5.69. The highest BCUT2D eigenvalue weighted by atomic mass is 15.1. The van der Waals surface area contributed by atoms with Crippen molar-refractivity contribution in [2.45, 2.75) is 18.8 Å². The van der Waals surface area contributed by atoms with Gasteiger partial charge in [-0.05, 0) is 37.4 Å². The van der Waals surface area contributed by atoms with Gasteiger partial charge in [-0.1, -0.05) is 18.2 Å². The minimum absolute atomic E-state index is 0.764. The number of nitrogens with zero attached hydrogens (tertiary/aromatic N) is 1. The van der Waals surface area contributed by atoms with Gasteiger partial charge in [0.05, 0.1) is 0 Å². The Bertz CT molecular complexity index is 569. The highest BCUT2D eigenvalue weighted by molar-refractivity contribution is 5.85. The Hall–Kier alpha value is -1.28. The van der Waals surface area contributed by atoms with Crippen LogP contribution in [0.1, 0.15) is 23.6 Å². The molecule has 1 aliphatic heterocycles. The fourth-order valence-corrected chi connectivity index (χ4v) is 3.88. The van der Waals surface area contributed by atoms with Gasteiger partial charge in [-0.2, -0.15) is 0 Å². The maximum Gasteiger partial charge on any atom is 0.0459 e. The Balaban J connectivity index is 1.94. The molecule has 0 bridgehead atoms. The molecule has 2 heterocycles. The van der Waals surface area contributed by atoms with E-state index in [2.05, 4.69) is 41.2 Å². The summed E-state index contributed by atoms with van der Waals surface area (Å²) in [6, 6.07) is 8.79. The van der Waals surface area contributed by atoms with Crippen molar-refractivity contribution in [3.8, 4) is 0 Å². The predicted octanol–water partition coefficient (Wildman–Crippen LogP) is 2.76. The van der Waals surface area contributed by atoms with E-state index in [0.717, 1.165) is 11.8 Å². The number of hydrogen-bond acceptors (Lipinski definition) is 1. The van der Waals surface area contributed by atoms with Gasteiger partial charge < -0.3 is 9.88 Å². The summed E-state index contributed by atoms with van der Waals surface area (Å²) >= 11 is 0. The number of aromatic nitrogens is 1. The minimum atomic E-state index is 0.764. The van der Waals surface area contributed by atoms with Gasteiger partial charge in [-0.15, -0.1) is 0 Å². The molecule has 2 heteroatoms. The van der Waals surface area contributed by atoms with Crippen LogP contribution in [0.2, 0.25) is 0 Å². The Morgan fingerprint density at radius 1 is 1.24 bits per heavy atom. The summed E-state index contributed by atoms with van der Waals surface area (Å²) in [5.74, 6) is 1.65. The lowest BCUT2D eigenvalue weighted by Crippen LogP contribution is -2.18. The third kappa shape index (κ3) is 1.31. The predicted molar refractivity (Wildman–Crippen MR) is 70.3 cm³/mol. The molecule has 1 aliphatic carbocycles. The van der Waals surface area contributed by atoms with E-state index < -0.39 is 0 Å². The quantitative estimate of drug-likeness (QED) is 0.732. The zero-order valence-corrected chi connectivity index (χ0v) is 10.2. The molecule has 1 aromatic heterocycles. The number of hydrogen-bond donors (Lipinski definition) is 1. The number of aryl methyl sites for hydroxylation is 1. The summed E-state index contributed by atoms with van der Waals surface area (Å²) < 4.78 is 0. The van der Waals surface area contributed by atoms with Gasteiger partial charge in [-0.25, -0.2) is 0 Å². The largest absolute Gasteiger partial charge is 0.358 e. The van der Waals surface area contributed by atoms with E-state index in [1.54, 1.807) is 5.56 Å².